The van der Waals surface area contributed by atoms with Crippen LogP contribution in [0.5, 0.6) is 11.5 Å². The zero-order chi connectivity index (χ0) is 35.2. The summed E-state index contributed by atoms with van der Waals surface area (Å²) in [5, 5.41) is 35.8. The summed E-state index contributed by atoms with van der Waals surface area (Å²) in [6, 6.07) is 15.6. The van der Waals surface area contributed by atoms with Crippen LogP contribution in [0.4, 0.5) is 20.6 Å². The molecule has 49 heavy (non-hydrogen) atoms. The highest BCUT2D eigenvalue weighted by atomic mass is 32.2. The summed E-state index contributed by atoms with van der Waals surface area (Å²) in [6.45, 7) is 3.91. The molecule has 268 valence electrons. The molecule has 1 aliphatic heterocycles. The van der Waals surface area contributed by atoms with Crippen LogP contribution in [0.1, 0.15) is 69.5 Å². The van der Waals surface area contributed by atoms with Crippen molar-refractivity contribution < 1.29 is 37.7 Å². The Morgan fingerprint density at radius 3 is 2.31 bits per heavy atom. The van der Waals surface area contributed by atoms with Crippen LogP contribution in [0, 0.1) is 5.82 Å². The molecule has 0 bridgehead atoms. The van der Waals surface area contributed by atoms with Crippen LogP contribution in [0.2, 0.25) is 0 Å². The van der Waals surface area contributed by atoms with Gasteiger partial charge in [-0.2, -0.15) is 0 Å². The van der Waals surface area contributed by atoms with Crippen molar-refractivity contribution >= 4 is 27.5 Å². The summed E-state index contributed by atoms with van der Waals surface area (Å²) in [4.78, 5) is 15.1. The van der Waals surface area contributed by atoms with Gasteiger partial charge in [-0.25, -0.2) is 17.6 Å². The number of likely N-dealkylation sites (tertiary alicyclic amines) is 1. The minimum atomic E-state index is -3.54. The number of hydrogen-bond acceptors (Lipinski definition) is 9. The van der Waals surface area contributed by atoms with Crippen molar-refractivity contribution in [2.24, 2.45) is 0 Å². The number of phenolic OH excluding ortho intramolecular Hbond substituents is 2. The van der Waals surface area contributed by atoms with Crippen molar-refractivity contribution in [2.45, 2.75) is 70.0 Å². The normalized spacial score (nSPS) is 14.8. The third-order valence-electron chi connectivity index (χ3n) is 8.60. The lowest BCUT2D eigenvalue weighted by Crippen LogP contribution is -2.38. The van der Waals surface area contributed by atoms with Crippen LogP contribution in [0.15, 0.2) is 60.7 Å². The number of nitrogens with one attached hydrogen (secondary N) is 3. The molecule has 0 aromatic heterocycles. The minimum Gasteiger partial charge on any atom is -0.506 e. The highest BCUT2D eigenvalue weighted by molar-refractivity contribution is 7.92. The van der Waals surface area contributed by atoms with Crippen molar-refractivity contribution in [2.75, 3.05) is 49.0 Å². The van der Waals surface area contributed by atoms with E-state index in [4.69, 9.17) is 4.74 Å². The Labute approximate surface area is 288 Å². The standard InChI is InChI=1S/C36H49FN4O7S/c1-49(46,47)40-32-24-27(14-16-34(32)43)35(44)25-38-19-9-5-3-2-4-6-10-20-41-21-17-28(18-22-41)48-36(45)39-31-12-8-7-11-29(31)26-13-15-33(42)30(37)23-26/h7-8,11-16,23-24,28,35,38,40,42-44H,2-6,9-10,17-22,25H2,1H3,(H,39,45)/t35-/m0/s1. The predicted molar refractivity (Wildman–Crippen MR) is 190 cm³/mol. The van der Waals surface area contributed by atoms with Gasteiger partial charge in [0.05, 0.1) is 23.7 Å². The average molecular weight is 701 g/mol. The number of nitrogens with zero attached hydrogens (tertiary/aromatic N) is 1. The lowest BCUT2D eigenvalue weighted by molar-refractivity contribution is 0.0584. The van der Waals surface area contributed by atoms with Gasteiger partial charge in [0.1, 0.15) is 11.9 Å². The van der Waals surface area contributed by atoms with E-state index in [0.717, 1.165) is 71.0 Å². The molecule has 0 spiro atoms. The number of aliphatic hydroxyl groups is 1. The number of carbonyl (C=O) groups is 1. The second kappa shape index (κ2) is 18.7. The molecule has 1 saturated heterocycles. The quantitative estimate of drug-likeness (QED) is 0.0657. The van der Waals surface area contributed by atoms with E-state index < -0.39 is 33.8 Å². The number of phenols is 2. The van der Waals surface area contributed by atoms with E-state index >= 15 is 0 Å². The summed E-state index contributed by atoms with van der Waals surface area (Å²) in [7, 11) is -3.54. The predicted octanol–water partition coefficient (Wildman–Crippen LogP) is 6.34. The fourth-order valence-corrected chi connectivity index (χ4v) is 6.49. The first kappa shape index (κ1) is 37.9. The molecule has 1 heterocycles. The van der Waals surface area contributed by atoms with Crippen LogP contribution in [0.3, 0.4) is 0 Å². The molecule has 11 nitrogen and oxygen atoms in total. The second-order valence-electron chi connectivity index (χ2n) is 12.6. The van der Waals surface area contributed by atoms with Gasteiger partial charge in [0.15, 0.2) is 11.6 Å². The molecule has 0 saturated carbocycles. The largest absolute Gasteiger partial charge is 0.506 e. The van der Waals surface area contributed by atoms with Gasteiger partial charge >= 0.3 is 6.09 Å². The number of carbonyl (C=O) groups excluding carboxylic acids is 1. The number of sulfonamides is 1. The lowest BCUT2D eigenvalue weighted by Gasteiger charge is -2.31. The van der Waals surface area contributed by atoms with Gasteiger partial charge in [0.2, 0.25) is 10.0 Å². The molecule has 0 radical (unpaired) electrons. The summed E-state index contributed by atoms with van der Waals surface area (Å²) in [5.41, 5.74) is 2.24. The maximum Gasteiger partial charge on any atom is 0.411 e. The Balaban J connectivity index is 1.01. The number of rotatable bonds is 18. The van der Waals surface area contributed by atoms with Gasteiger partial charge in [-0.3, -0.25) is 10.0 Å². The molecule has 4 rings (SSSR count). The number of halogens is 1. The number of aromatic hydroxyl groups is 2. The molecule has 1 fully saturated rings. The summed E-state index contributed by atoms with van der Waals surface area (Å²) < 4.78 is 44.8. The van der Waals surface area contributed by atoms with Gasteiger partial charge in [0.25, 0.3) is 0 Å². The summed E-state index contributed by atoms with van der Waals surface area (Å²) in [6.07, 6.45) is 9.00. The van der Waals surface area contributed by atoms with Crippen molar-refractivity contribution in [3.05, 3.63) is 72.0 Å². The first-order chi connectivity index (χ1) is 23.5. The van der Waals surface area contributed by atoms with Gasteiger partial charge in [0, 0.05) is 25.2 Å². The number of piperidine rings is 1. The first-order valence-electron chi connectivity index (χ1n) is 17.0. The Morgan fingerprint density at radius 2 is 1.59 bits per heavy atom. The number of aliphatic hydroxyl groups excluding tert-OH is 1. The van der Waals surface area contributed by atoms with E-state index in [1.165, 1.54) is 43.5 Å². The molecule has 3 aromatic carbocycles. The highest BCUT2D eigenvalue weighted by Crippen LogP contribution is 2.31. The van der Waals surface area contributed by atoms with Crippen LogP contribution in [-0.4, -0.2) is 79.8 Å². The lowest BCUT2D eigenvalue weighted by atomic mass is 10.0. The maximum absolute atomic E-state index is 13.9. The van der Waals surface area contributed by atoms with E-state index in [2.05, 4.69) is 20.3 Å². The molecule has 0 unspecified atom stereocenters. The number of hydrogen-bond donors (Lipinski definition) is 6. The molecule has 13 heteroatoms. The molecule has 6 N–H and O–H groups in total. The van der Waals surface area contributed by atoms with Gasteiger partial charge in [-0.1, -0.05) is 62.4 Å². The van der Waals surface area contributed by atoms with Crippen molar-refractivity contribution in [3.63, 3.8) is 0 Å². The number of para-hydroxylation sites is 1. The zero-order valence-corrected chi connectivity index (χ0v) is 28.9. The summed E-state index contributed by atoms with van der Waals surface area (Å²) in [5.74, 6) is -1.35. The molecular weight excluding hydrogens is 651 g/mol. The fourth-order valence-electron chi connectivity index (χ4n) is 5.93. The Bertz CT molecular complexity index is 1620. The van der Waals surface area contributed by atoms with Crippen LogP contribution in [-0.2, 0) is 14.8 Å². The van der Waals surface area contributed by atoms with Crippen molar-refractivity contribution in [3.8, 4) is 22.6 Å². The monoisotopic (exact) mass is 700 g/mol. The number of amides is 1. The van der Waals surface area contributed by atoms with Gasteiger partial charge in [-0.15, -0.1) is 0 Å². The number of unbranched alkanes of at least 4 members (excludes halogenated alkanes) is 6. The van der Waals surface area contributed by atoms with Crippen LogP contribution < -0.4 is 15.4 Å². The fraction of sp³-hybridized carbons (Fsp3) is 0.472. The zero-order valence-electron chi connectivity index (χ0n) is 28.0. The Morgan fingerprint density at radius 1 is 0.918 bits per heavy atom. The van der Waals surface area contributed by atoms with E-state index in [-0.39, 0.29) is 17.5 Å². The van der Waals surface area contributed by atoms with E-state index in [1.54, 1.807) is 36.4 Å². The molecule has 3 aromatic rings. The van der Waals surface area contributed by atoms with Crippen molar-refractivity contribution in [1.82, 2.24) is 10.2 Å². The molecule has 1 atom stereocenters. The maximum atomic E-state index is 13.9. The smallest absolute Gasteiger partial charge is 0.411 e. The Hall–Kier alpha value is -3.91. The first-order valence-corrected chi connectivity index (χ1v) is 18.8. The molecule has 1 aliphatic rings. The number of ether oxygens (including phenoxy) is 1. The molecule has 0 aliphatic carbocycles. The summed E-state index contributed by atoms with van der Waals surface area (Å²) >= 11 is 0. The van der Waals surface area contributed by atoms with Crippen LogP contribution >= 0.6 is 0 Å². The average Bonchev–Trinajstić information content (AvgIpc) is 3.06. The topological polar surface area (TPSA) is 160 Å². The van der Waals surface area contributed by atoms with E-state index in [1.807, 2.05) is 0 Å². The third-order valence-corrected chi connectivity index (χ3v) is 9.19. The van der Waals surface area contributed by atoms with E-state index in [0.29, 0.717) is 28.9 Å². The number of anilines is 2. The molecule has 1 amide bonds. The highest BCUT2D eigenvalue weighted by Gasteiger charge is 2.22. The van der Waals surface area contributed by atoms with Crippen molar-refractivity contribution in [1.29, 1.82) is 0 Å². The Kier molecular flexibility index (Phi) is 14.5. The molecular formula is C36H49FN4O7S. The van der Waals surface area contributed by atoms with E-state index in [9.17, 15) is 32.9 Å². The SMILES string of the molecule is CS(=O)(=O)Nc1cc([C@@H](O)CNCCCCCCCCCN2CCC(OC(=O)Nc3ccccc3-c3ccc(O)c(F)c3)CC2)ccc1O. The van der Waals surface area contributed by atoms with Gasteiger partial charge < -0.3 is 30.3 Å². The van der Waals surface area contributed by atoms with Gasteiger partial charge in [-0.05, 0) is 80.2 Å². The number of benzene rings is 3. The van der Waals surface area contributed by atoms with Crippen LogP contribution in [0.25, 0.3) is 11.1 Å². The minimum absolute atomic E-state index is 0.0450. The third kappa shape index (κ3) is 12.8. The second-order valence-corrected chi connectivity index (χ2v) is 14.4.